The largest absolute Gasteiger partial charge is 0.368 e. The van der Waals surface area contributed by atoms with Crippen LogP contribution in [0.3, 0.4) is 0 Å². The van der Waals surface area contributed by atoms with Gasteiger partial charge < -0.3 is 10.6 Å². The Hall–Kier alpha value is -4.08. The van der Waals surface area contributed by atoms with Gasteiger partial charge in [-0.15, -0.1) is 0 Å². The number of nitro groups is 1. The highest BCUT2D eigenvalue weighted by molar-refractivity contribution is 6.24. The zero-order chi connectivity index (χ0) is 24.1. The molecule has 0 aromatic heterocycles. The Balaban J connectivity index is 1.63. The van der Waals surface area contributed by atoms with Crippen molar-refractivity contribution in [3.05, 3.63) is 70.3 Å². The average Bonchev–Trinajstić information content (AvgIpc) is 3.26. The lowest BCUT2D eigenvalue weighted by Crippen LogP contribution is -2.52. The number of non-ortho nitro benzene ring substituents is 1. The Bertz CT molecular complexity index is 1210. The predicted octanol–water partition coefficient (Wildman–Crippen LogP) is 1.94. The van der Waals surface area contributed by atoms with Gasteiger partial charge in [0.15, 0.2) is 0 Å². The van der Waals surface area contributed by atoms with E-state index in [1.54, 1.807) is 30.3 Å². The van der Waals surface area contributed by atoms with E-state index in [4.69, 9.17) is 5.73 Å². The highest BCUT2D eigenvalue weighted by atomic mass is 16.6. The first-order chi connectivity index (χ1) is 16.3. The van der Waals surface area contributed by atoms with E-state index in [0.717, 1.165) is 17.4 Å². The third-order valence-corrected chi connectivity index (χ3v) is 7.12. The van der Waals surface area contributed by atoms with Gasteiger partial charge in [-0.3, -0.25) is 29.3 Å². The van der Waals surface area contributed by atoms with E-state index in [2.05, 4.69) is 0 Å². The van der Waals surface area contributed by atoms with Gasteiger partial charge in [0, 0.05) is 18.1 Å². The predicted molar refractivity (Wildman–Crippen MR) is 119 cm³/mol. The van der Waals surface area contributed by atoms with E-state index >= 15 is 0 Å². The lowest BCUT2D eigenvalue weighted by molar-refractivity contribution is -0.384. The van der Waals surface area contributed by atoms with Crippen molar-refractivity contribution in [1.29, 1.82) is 0 Å². The molecule has 174 valence electrons. The SMILES string of the molecule is NC(=O)C1C2C(=O)N(c3cccc([N+](=O)[O-])c3)C(=O)C2C(c2ccccc2)N1C(=O)C1CCC1. The fraction of sp³-hybridized carbons (Fsp3) is 0.333. The first-order valence-corrected chi connectivity index (χ1v) is 11.1. The zero-order valence-corrected chi connectivity index (χ0v) is 18.1. The molecule has 0 radical (unpaired) electrons. The lowest BCUT2D eigenvalue weighted by Gasteiger charge is -2.37. The van der Waals surface area contributed by atoms with Crippen molar-refractivity contribution in [2.24, 2.45) is 23.5 Å². The maximum atomic E-state index is 13.7. The Morgan fingerprint density at radius 2 is 1.65 bits per heavy atom. The number of carbonyl (C=O) groups excluding carboxylic acids is 4. The highest BCUT2D eigenvalue weighted by Crippen LogP contribution is 2.52. The number of fused-ring (bicyclic) bond motifs is 1. The minimum Gasteiger partial charge on any atom is -0.368 e. The maximum Gasteiger partial charge on any atom is 0.271 e. The quantitative estimate of drug-likeness (QED) is 0.408. The number of nitrogens with two attached hydrogens (primary N) is 1. The van der Waals surface area contributed by atoms with Crippen LogP contribution in [-0.2, 0) is 19.2 Å². The Labute approximate surface area is 194 Å². The molecule has 2 aliphatic heterocycles. The first-order valence-electron chi connectivity index (χ1n) is 11.1. The number of hydrogen-bond acceptors (Lipinski definition) is 6. The van der Waals surface area contributed by atoms with Gasteiger partial charge in [-0.1, -0.05) is 42.8 Å². The van der Waals surface area contributed by atoms with Crippen molar-refractivity contribution < 1.29 is 24.1 Å². The molecule has 34 heavy (non-hydrogen) atoms. The number of carbonyl (C=O) groups is 4. The van der Waals surface area contributed by atoms with Crippen LogP contribution in [0, 0.1) is 27.9 Å². The summed E-state index contributed by atoms with van der Waals surface area (Å²) < 4.78 is 0. The van der Waals surface area contributed by atoms with Crippen LogP contribution in [0.4, 0.5) is 11.4 Å². The Morgan fingerprint density at radius 3 is 2.24 bits per heavy atom. The van der Waals surface area contributed by atoms with Gasteiger partial charge in [-0.2, -0.15) is 0 Å². The fourth-order valence-electron chi connectivity index (χ4n) is 5.37. The van der Waals surface area contributed by atoms with E-state index in [-0.39, 0.29) is 23.2 Å². The number of nitrogens with zero attached hydrogens (tertiary/aromatic N) is 3. The standard InChI is InChI=1S/C24H22N4O6/c25-21(29)20-18-17(23(31)26(24(18)32)15-10-5-11-16(12-15)28(33)34)19(13-6-2-1-3-7-13)27(20)22(30)14-8-4-9-14/h1-3,5-7,10-12,14,17-20H,4,8-9H2,(H2,25,29). The summed E-state index contributed by atoms with van der Waals surface area (Å²) in [6.45, 7) is 0. The third-order valence-electron chi connectivity index (χ3n) is 7.12. The minimum atomic E-state index is -1.29. The van der Waals surface area contributed by atoms with Crippen molar-refractivity contribution >= 4 is 35.0 Å². The topological polar surface area (TPSA) is 144 Å². The molecule has 10 heteroatoms. The second-order valence-electron chi connectivity index (χ2n) is 8.92. The fourth-order valence-corrected chi connectivity index (χ4v) is 5.37. The van der Waals surface area contributed by atoms with Crippen LogP contribution in [0.15, 0.2) is 54.6 Å². The molecule has 3 aliphatic rings. The molecule has 1 saturated carbocycles. The number of likely N-dealkylation sites (tertiary alicyclic amines) is 1. The molecule has 4 amide bonds. The van der Waals surface area contributed by atoms with Crippen molar-refractivity contribution in [2.75, 3.05) is 4.90 Å². The summed E-state index contributed by atoms with van der Waals surface area (Å²) >= 11 is 0. The van der Waals surface area contributed by atoms with Gasteiger partial charge in [-0.05, 0) is 24.5 Å². The van der Waals surface area contributed by atoms with E-state index in [1.165, 1.54) is 23.1 Å². The Morgan fingerprint density at radius 1 is 0.971 bits per heavy atom. The number of amides is 4. The lowest BCUT2D eigenvalue weighted by atomic mass is 9.83. The van der Waals surface area contributed by atoms with Crippen LogP contribution in [0.25, 0.3) is 0 Å². The summed E-state index contributed by atoms with van der Waals surface area (Å²) in [7, 11) is 0. The molecule has 4 unspecified atom stereocenters. The summed E-state index contributed by atoms with van der Waals surface area (Å²) in [4.78, 5) is 66.3. The van der Waals surface area contributed by atoms with E-state index in [1.807, 2.05) is 0 Å². The van der Waals surface area contributed by atoms with Gasteiger partial charge in [0.05, 0.1) is 28.5 Å². The molecule has 2 N–H and O–H groups in total. The molecule has 2 heterocycles. The van der Waals surface area contributed by atoms with Gasteiger partial charge in [0.1, 0.15) is 6.04 Å². The molecular weight excluding hydrogens is 440 g/mol. The van der Waals surface area contributed by atoms with E-state index in [0.29, 0.717) is 18.4 Å². The van der Waals surface area contributed by atoms with E-state index < -0.39 is 46.6 Å². The summed E-state index contributed by atoms with van der Waals surface area (Å²) in [6, 6.07) is 11.9. The van der Waals surface area contributed by atoms with Crippen LogP contribution in [0.5, 0.6) is 0 Å². The van der Waals surface area contributed by atoms with Crippen LogP contribution in [0.1, 0.15) is 30.9 Å². The molecule has 4 atom stereocenters. The smallest absolute Gasteiger partial charge is 0.271 e. The summed E-state index contributed by atoms with van der Waals surface area (Å²) in [5.41, 5.74) is 6.13. The molecule has 1 aliphatic carbocycles. The normalized spacial score (nSPS) is 26.4. The minimum absolute atomic E-state index is 0.0468. The zero-order valence-electron chi connectivity index (χ0n) is 18.1. The van der Waals surface area contributed by atoms with Crippen molar-refractivity contribution in [3.8, 4) is 0 Å². The summed E-state index contributed by atoms with van der Waals surface area (Å²) in [5.74, 6) is -4.91. The average molecular weight is 462 g/mol. The van der Waals surface area contributed by atoms with Crippen molar-refractivity contribution in [1.82, 2.24) is 4.90 Å². The molecule has 5 rings (SSSR count). The first kappa shape index (κ1) is 21.7. The number of benzene rings is 2. The monoisotopic (exact) mass is 462 g/mol. The molecule has 0 bridgehead atoms. The molecule has 2 aromatic carbocycles. The number of primary amides is 1. The summed E-state index contributed by atoms with van der Waals surface area (Å²) in [6.07, 6.45) is 2.26. The van der Waals surface area contributed by atoms with Crippen LogP contribution in [0.2, 0.25) is 0 Å². The number of anilines is 1. The molecule has 2 saturated heterocycles. The molecule has 0 spiro atoms. The number of hydrogen-bond donors (Lipinski definition) is 1. The van der Waals surface area contributed by atoms with Crippen LogP contribution in [-0.4, -0.2) is 39.5 Å². The van der Waals surface area contributed by atoms with Crippen LogP contribution < -0.4 is 10.6 Å². The summed E-state index contributed by atoms with van der Waals surface area (Å²) in [5, 5.41) is 11.2. The van der Waals surface area contributed by atoms with Gasteiger partial charge in [0.2, 0.25) is 23.6 Å². The molecule has 10 nitrogen and oxygen atoms in total. The van der Waals surface area contributed by atoms with Gasteiger partial charge >= 0.3 is 0 Å². The van der Waals surface area contributed by atoms with Crippen molar-refractivity contribution in [3.63, 3.8) is 0 Å². The van der Waals surface area contributed by atoms with E-state index in [9.17, 15) is 29.3 Å². The molecule has 2 aromatic rings. The number of nitro benzene ring substituents is 1. The number of imide groups is 1. The second kappa shape index (κ2) is 8.05. The highest BCUT2D eigenvalue weighted by Gasteiger charge is 2.65. The molecular formula is C24H22N4O6. The van der Waals surface area contributed by atoms with Crippen LogP contribution >= 0.6 is 0 Å². The third kappa shape index (κ3) is 3.17. The van der Waals surface area contributed by atoms with Crippen molar-refractivity contribution in [2.45, 2.75) is 31.3 Å². The Kier molecular flexibility index (Phi) is 5.15. The van der Waals surface area contributed by atoms with Gasteiger partial charge in [0.25, 0.3) is 5.69 Å². The number of rotatable bonds is 5. The van der Waals surface area contributed by atoms with Gasteiger partial charge in [-0.25, -0.2) is 4.90 Å². The maximum absolute atomic E-state index is 13.7. The second-order valence-corrected chi connectivity index (χ2v) is 8.92. The molecule has 3 fully saturated rings.